The molecule has 0 nitrogen and oxygen atoms in total. The molecule has 0 fully saturated rings. The second-order valence-corrected chi connectivity index (χ2v) is 3.71. The summed E-state index contributed by atoms with van der Waals surface area (Å²) in [4.78, 5) is 0. The first-order chi connectivity index (χ1) is 5.22. The van der Waals surface area contributed by atoms with Crippen molar-refractivity contribution in [3.63, 3.8) is 0 Å². The quantitative estimate of drug-likeness (QED) is 0.578. The molecular formula is C8H15BCl2. The van der Waals surface area contributed by atoms with Crippen LogP contribution in [0.3, 0.4) is 0 Å². The van der Waals surface area contributed by atoms with Gasteiger partial charge in [0.25, 0.3) is 0 Å². The Kier molecular flexibility index (Phi) is 7.30. The molecule has 0 atom stereocenters. The van der Waals surface area contributed by atoms with Gasteiger partial charge in [0, 0.05) is 0 Å². The Morgan fingerprint density at radius 2 is 1.91 bits per heavy atom. The van der Waals surface area contributed by atoms with E-state index in [0.29, 0.717) is 0 Å². The van der Waals surface area contributed by atoms with E-state index >= 15 is 0 Å². The molecule has 3 heteroatoms. The molecule has 0 bridgehead atoms. The fourth-order valence-corrected chi connectivity index (χ4v) is 1.32. The Bertz CT molecular complexity index is 121. The first kappa shape index (κ1) is 11.4. The Hall–Kier alpha value is 0.385. The molecular weight excluding hydrogens is 178 g/mol. The Balaban J connectivity index is 3.86. The van der Waals surface area contributed by atoms with Gasteiger partial charge >= 0.3 is 5.54 Å². The predicted molar refractivity (Wildman–Crippen MR) is 55.4 cm³/mol. The molecule has 11 heavy (non-hydrogen) atoms. The van der Waals surface area contributed by atoms with E-state index in [1.807, 2.05) is 0 Å². The SMILES string of the molecule is CCC/C=C(\CCC)B(Cl)Cl. The maximum absolute atomic E-state index is 5.76. The zero-order chi connectivity index (χ0) is 8.69. The highest BCUT2D eigenvalue weighted by atomic mass is 35.5. The lowest BCUT2D eigenvalue weighted by Gasteiger charge is -2.02. The van der Waals surface area contributed by atoms with Gasteiger partial charge < -0.3 is 0 Å². The third kappa shape index (κ3) is 5.63. The molecule has 0 N–H and O–H groups in total. The second kappa shape index (κ2) is 7.06. The summed E-state index contributed by atoms with van der Waals surface area (Å²) in [6.45, 7) is 4.29. The molecule has 0 saturated carbocycles. The maximum Gasteiger partial charge on any atom is 0.378 e. The molecule has 0 aromatic heterocycles. The first-order valence-corrected chi connectivity index (χ1v) is 5.06. The van der Waals surface area contributed by atoms with E-state index in [1.54, 1.807) is 0 Å². The van der Waals surface area contributed by atoms with Gasteiger partial charge in [0.05, 0.1) is 0 Å². The van der Waals surface area contributed by atoms with Gasteiger partial charge in [0.15, 0.2) is 0 Å². The van der Waals surface area contributed by atoms with Crippen molar-refractivity contribution in [3.05, 3.63) is 11.5 Å². The molecule has 0 saturated heterocycles. The highest BCUT2D eigenvalue weighted by molar-refractivity contribution is 7.36. The van der Waals surface area contributed by atoms with Crippen molar-refractivity contribution in [2.45, 2.75) is 39.5 Å². The van der Waals surface area contributed by atoms with Crippen LogP contribution in [-0.2, 0) is 0 Å². The summed E-state index contributed by atoms with van der Waals surface area (Å²) in [6, 6.07) is 0. The minimum atomic E-state index is -0.304. The summed E-state index contributed by atoms with van der Waals surface area (Å²) in [5.41, 5.74) is 0.874. The Morgan fingerprint density at radius 1 is 1.27 bits per heavy atom. The van der Waals surface area contributed by atoms with Crippen LogP contribution >= 0.6 is 22.9 Å². The molecule has 0 aliphatic heterocycles. The van der Waals surface area contributed by atoms with Crippen LogP contribution in [0, 0.1) is 0 Å². The van der Waals surface area contributed by atoms with E-state index in [2.05, 4.69) is 19.9 Å². The molecule has 0 spiro atoms. The van der Waals surface area contributed by atoms with Crippen molar-refractivity contribution in [2.24, 2.45) is 0 Å². The standard InChI is InChI=1S/C8H15BCl2/c1-3-5-7-8(6-4-2)9(10)11/h7H,3-6H2,1-2H3/b8-7+. The lowest BCUT2D eigenvalue weighted by molar-refractivity contribution is 0.908. The van der Waals surface area contributed by atoms with Crippen molar-refractivity contribution in [2.75, 3.05) is 0 Å². The highest BCUT2D eigenvalue weighted by Crippen LogP contribution is 2.16. The van der Waals surface area contributed by atoms with Gasteiger partial charge in [0.1, 0.15) is 0 Å². The van der Waals surface area contributed by atoms with Gasteiger partial charge in [0.2, 0.25) is 0 Å². The maximum atomic E-state index is 5.76. The smallest absolute Gasteiger partial charge is 0.165 e. The zero-order valence-electron chi connectivity index (χ0n) is 7.24. The Morgan fingerprint density at radius 3 is 2.27 bits per heavy atom. The summed E-state index contributed by atoms with van der Waals surface area (Å²) in [6.07, 6.45) is 6.55. The van der Waals surface area contributed by atoms with Crippen molar-refractivity contribution < 1.29 is 0 Å². The van der Waals surface area contributed by atoms with Crippen LogP contribution in [-0.4, -0.2) is 5.54 Å². The van der Waals surface area contributed by atoms with Crippen LogP contribution in [0.5, 0.6) is 0 Å². The largest absolute Gasteiger partial charge is 0.378 e. The summed E-state index contributed by atoms with van der Waals surface area (Å²) >= 11 is 11.5. The highest BCUT2D eigenvalue weighted by Gasteiger charge is 2.10. The van der Waals surface area contributed by atoms with E-state index in [0.717, 1.165) is 25.7 Å². The van der Waals surface area contributed by atoms with Gasteiger partial charge in [-0.05, 0) is 12.8 Å². The molecule has 0 rings (SSSR count). The predicted octanol–water partition coefficient (Wildman–Crippen LogP) is 4.02. The minimum Gasteiger partial charge on any atom is -0.165 e. The first-order valence-electron chi connectivity index (χ1n) is 4.19. The second-order valence-electron chi connectivity index (χ2n) is 2.62. The third-order valence-corrected chi connectivity index (χ3v) is 2.07. The van der Waals surface area contributed by atoms with Crippen LogP contribution in [0.2, 0.25) is 0 Å². The molecule has 0 amide bonds. The molecule has 0 aromatic rings. The average Bonchev–Trinajstić information content (AvgIpc) is 1.97. The molecule has 0 aliphatic carbocycles. The lowest BCUT2D eigenvalue weighted by atomic mass is 9.87. The van der Waals surface area contributed by atoms with E-state index in [1.165, 1.54) is 5.47 Å². The molecule has 0 aliphatic rings. The number of halogens is 2. The number of unbranched alkanes of at least 4 members (excludes halogenated alkanes) is 1. The van der Waals surface area contributed by atoms with Crippen molar-refractivity contribution in [1.82, 2.24) is 0 Å². The van der Waals surface area contributed by atoms with Gasteiger partial charge in [-0.25, -0.2) is 0 Å². The topological polar surface area (TPSA) is 0 Å². The number of rotatable bonds is 5. The van der Waals surface area contributed by atoms with E-state index in [-0.39, 0.29) is 5.54 Å². The molecule has 64 valence electrons. The van der Waals surface area contributed by atoms with Crippen molar-refractivity contribution in [1.29, 1.82) is 0 Å². The van der Waals surface area contributed by atoms with Gasteiger partial charge in [-0.3, -0.25) is 0 Å². The van der Waals surface area contributed by atoms with E-state index in [4.69, 9.17) is 22.9 Å². The molecule has 0 radical (unpaired) electrons. The van der Waals surface area contributed by atoms with Crippen LogP contribution < -0.4 is 0 Å². The Labute approximate surface area is 79.9 Å². The van der Waals surface area contributed by atoms with Crippen LogP contribution in [0.15, 0.2) is 11.5 Å². The van der Waals surface area contributed by atoms with Crippen molar-refractivity contribution in [3.8, 4) is 0 Å². The number of hydrogen-bond donors (Lipinski definition) is 0. The third-order valence-electron chi connectivity index (χ3n) is 1.51. The zero-order valence-corrected chi connectivity index (χ0v) is 8.75. The monoisotopic (exact) mass is 192 g/mol. The summed E-state index contributed by atoms with van der Waals surface area (Å²) in [5.74, 6) is 0. The fourth-order valence-electron chi connectivity index (χ4n) is 0.919. The lowest BCUT2D eigenvalue weighted by Crippen LogP contribution is -1.99. The van der Waals surface area contributed by atoms with E-state index < -0.39 is 0 Å². The molecule has 0 heterocycles. The van der Waals surface area contributed by atoms with Crippen LogP contribution in [0.1, 0.15) is 39.5 Å². The number of hydrogen-bond acceptors (Lipinski definition) is 0. The van der Waals surface area contributed by atoms with Crippen LogP contribution in [0.4, 0.5) is 0 Å². The summed E-state index contributed by atoms with van der Waals surface area (Å²) in [5, 5.41) is 0. The van der Waals surface area contributed by atoms with Gasteiger partial charge in [-0.15, -0.1) is 0 Å². The normalized spacial score (nSPS) is 11.8. The summed E-state index contributed by atoms with van der Waals surface area (Å²) < 4.78 is 0. The molecule has 0 unspecified atom stereocenters. The van der Waals surface area contributed by atoms with Gasteiger partial charge in [-0.2, -0.15) is 22.9 Å². The van der Waals surface area contributed by atoms with Gasteiger partial charge in [-0.1, -0.05) is 38.2 Å². The van der Waals surface area contributed by atoms with E-state index in [9.17, 15) is 0 Å². The fraction of sp³-hybridized carbons (Fsp3) is 0.750. The molecule has 0 aromatic carbocycles. The number of allylic oxidation sites excluding steroid dienone is 2. The summed E-state index contributed by atoms with van der Waals surface area (Å²) in [7, 11) is 0. The average molecular weight is 193 g/mol. The van der Waals surface area contributed by atoms with Crippen LogP contribution in [0.25, 0.3) is 0 Å². The minimum absolute atomic E-state index is 0.304. The van der Waals surface area contributed by atoms with Crippen molar-refractivity contribution >= 4 is 28.5 Å².